The summed E-state index contributed by atoms with van der Waals surface area (Å²) in [6.07, 6.45) is -3.18. The van der Waals surface area contributed by atoms with Gasteiger partial charge in [-0.1, -0.05) is 62.7 Å². The van der Waals surface area contributed by atoms with Crippen molar-refractivity contribution in [1.82, 2.24) is 0 Å². The van der Waals surface area contributed by atoms with Crippen LogP contribution in [0, 0.1) is 5.41 Å². The van der Waals surface area contributed by atoms with Gasteiger partial charge in [-0.25, -0.2) is 0 Å². The van der Waals surface area contributed by atoms with Crippen LogP contribution in [-0.4, -0.2) is 43.6 Å². The van der Waals surface area contributed by atoms with Crippen LogP contribution in [0.2, 0.25) is 5.02 Å². The van der Waals surface area contributed by atoms with Crippen molar-refractivity contribution < 1.29 is 45.2 Å². The van der Waals surface area contributed by atoms with Gasteiger partial charge in [0.25, 0.3) is 5.91 Å². The number of nitrogens with zero attached hydrogens (tertiary/aromatic N) is 1. The predicted molar refractivity (Wildman–Crippen MR) is 142 cm³/mol. The number of carbonyl (C=O) groups excluding carboxylic acids is 1. The van der Waals surface area contributed by atoms with Crippen LogP contribution < -0.4 is 9.08 Å². The van der Waals surface area contributed by atoms with Crippen LogP contribution in [0.5, 0.6) is 5.75 Å². The van der Waals surface area contributed by atoms with Gasteiger partial charge in [-0.2, -0.15) is 21.6 Å². The average molecular weight is 600 g/mol. The predicted octanol–water partition coefficient (Wildman–Crippen LogP) is 6.06. The molecule has 13 heteroatoms. The van der Waals surface area contributed by atoms with E-state index in [2.05, 4.69) is 4.18 Å². The molecule has 2 atom stereocenters. The van der Waals surface area contributed by atoms with Gasteiger partial charge in [-0.3, -0.25) is 9.59 Å². The van der Waals surface area contributed by atoms with Crippen molar-refractivity contribution in [2.24, 2.45) is 5.41 Å². The number of hydrogen-bond donors (Lipinski definition) is 1. The summed E-state index contributed by atoms with van der Waals surface area (Å²) < 4.78 is 73.3. The standard InChI is InChI=1S/C27H25ClF3NO7S/c1-26(2,3)14-32-20-10-8-15(28)12-19(20)24(38-22(25(32)35)13-23(33)34)18-9-11-21(17-7-5-4-6-16(17)18)39-40(36,37)27(29,30)31/h4-12,22,24H,13-14H2,1-3H3,(H,33,34)/t22-,24-/m1/s1. The topological polar surface area (TPSA) is 110 Å². The number of fused-ring (bicyclic) bond motifs is 2. The van der Waals surface area contributed by atoms with Crippen LogP contribution in [0.15, 0.2) is 54.6 Å². The fourth-order valence-electron chi connectivity index (χ4n) is 4.50. The summed E-state index contributed by atoms with van der Waals surface area (Å²) >= 11 is 6.33. The van der Waals surface area contributed by atoms with E-state index in [0.29, 0.717) is 21.8 Å². The van der Waals surface area contributed by atoms with Crippen molar-refractivity contribution in [3.8, 4) is 5.75 Å². The van der Waals surface area contributed by atoms with Crippen LogP contribution in [0.3, 0.4) is 0 Å². The van der Waals surface area contributed by atoms with Crippen molar-refractivity contribution in [2.75, 3.05) is 11.4 Å². The number of ether oxygens (including phenoxy) is 1. The summed E-state index contributed by atoms with van der Waals surface area (Å²) in [6, 6.07) is 13.1. The number of carboxylic acid groups (broad SMARTS) is 1. The average Bonchev–Trinajstić information content (AvgIpc) is 2.93. The van der Waals surface area contributed by atoms with E-state index in [9.17, 15) is 36.3 Å². The highest BCUT2D eigenvalue weighted by Gasteiger charge is 2.49. The van der Waals surface area contributed by atoms with Gasteiger partial charge in [0, 0.05) is 28.2 Å². The molecule has 0 aliphatic carbocycles. The van der Waals surface area contributed by atoms with E-state index in [1.54, 1.807) is 24.3 Å². The third-order valence-corrected chi connectivity index (χ3v) is 7.28. The number of benzene rings is 3. The van der Waals surface area contributed by atoms with Crippen LogP contribution in [-0.2, 0) is 24.4 Å². The first kappa shape index (κ1) is 29.6. The molecule has 8 nitrogen and oxygen atoms in total. The molecule has 4 rings (SSSR count). The first-order chi connectivity index (χ1) is 18.5. The quantitative estimate of drug-likeness (QED) is 0.271. The molecule has 40 heavy (non-hydrogen) atoms. The van der Waals surface area contributed by atoms with Crippen LogP contribution in [0.4, 0.5) is 18.9 Å². The van der Waals surface area contributed by atoms with E-state index in [1.807, 2.05) is 20.8 Å². The third kappa shape index (κ3) is 6.03. The second-order valence-electron chi connectivity index (χ2n) is 10.5. The molecule has 1 heterocycles. The van der Waals surface area contributed by atoms with Gasteiger partial charge < -0.3 is 18.9 Å². The van der Waals surface area contributed by atoms with Crippen LogP contribution in [0.1, 0.15) is 44.4 Å². The minimum Gasteiger partial charge on any atom is -0.481 e. The van der Waals surface area contributed by atoms with E-state index >= 15 is 0 Å². The summed E-state index contributed by atoms with van der Waals surface area (Å²) in [5.41, 5.74) is -4.87. The lowest BCUT2D eigenvalue weighted by molar-refractivity contribution is -0.147. The molecule has 3 aromatic carbocycles. The third-order valence-electron chi connectivity index (χ3n) is 6.08. The molecule has 1 aliphatic heterocycles. The lowest BCUT2D eigenvalue weighted by Crippen LogP contribution is -2.44. The van der Waals surface area contributed by atoms with Gasteiger partial charge in [-0.05, 0) is 40.6 Å². The van der Waals surface area contributed by atoms with Gasteiger partial charge in [-0.15, -0.1) is 0 Å². The minimum atomic E-state index is -5.96. The fourth-order valence-corrected chi connectivity index (χ4v) is 5.16. The highest BCUT2D eigenvalue weighted by Crippen LogP contribution is 2.44. The van der Waals surface area contributed by atoms with Crippen molar-refractivity contribution in [2.45, 2.75) is 44.9 Å². The Morgan fingerprint density at radius 3 is 2.30 bits per heavy atom. The molecule has 0 bridgehead atoms. The normalized spacial score (nSPS) is 18.4. The zero-order chi connectivity index (χ0) is 29.6. The SMILES string of the molecule is CC(C)(C)CN1C(=O)[C@@H](CC(=O)O)O[C@H](c2ccc(OS(=O)(=O)C(F)(F)F)c3ccccc23)c2cc(Cl)ccc21. The Morgan fingerprint density at radius 2 is 1.70 bits per heavy atom. The van der Waals surface area contributed by atoms with E-state index in [0.717, 1.165) is 6.07 Å². The van der Waals surface area contributed by atoms with E-state index < -0.39 is 57.3 Å². The number of rotatable bonds is 6. The first-order valence-electron chi connectivity index (χ1n) is 12.0. The molecule has 0 aromatic heterocycles. The molecule has 0 saturated carbocycles. The minimum absolute atomic E-state index is 0.0249. The Morgan fingerprint density at radius 1 is 1.05 bits per heavy atom. The Hall–Kier alpha value is -3.35. The number of carbonyl (C=O) groups is 2. The van der Waals surface area contributed by atoms with Crippen molar-refractivity contribution in [3.05, 3.63) is 70.7 Å². The molecular weight excluding hydrogens is 575 g/mol. The largest absolute Gasteiger partial charge is 0.534 e. The number of carboxylic acids is 1. The van der Waals surface area contributed by atoms with Crippen molar-refractivity contribution >= 4 is 50.1 Å². The lowest BCUT2D eigenvalue weighted by Gasteiger charge is -2.31. The van der Waals surface area contributed by atoms with Crippen LogP contribution in [0.25, 0.3) is 10.8 Å². The summed E-state index contributed by atoms with van der Waals surface area (Å²) in [5, 5.41) is 10.1. The molecule has 1 N–H and O–H groups in total. The van der Waals surface area contributed by atoms with E-state index in [4.69, 9.17) is 16.3 Å². The maximum Gasteiger partial charge on any atom is 0.534 e. The number of aliphatic carboxylic acids is 1. The maximum atomic E-state index is 13.7. The highest BCUT2D eigenvalue weighted by molar-refractivity contribution is 7.88. The summed E-state index contributed by atoms with van der Waals surface area (Å²) in [4.78, 5) is 26.8. The van der Waals surface area contributed by atoms with Gasteiger partial charge >= 0.3 is 21.6 Å². The first-order valence-corrected chi connectivity index (χ1v) is 13.8. The number of halogens is 4. The van der Waals surface area contributed by atoms with Gasteiger partial charge in [0.05, 0.1) is 6.42 Å². The zero-order valence-corrected chi connectivity index (χ0v) is 23.1. The maximum absolute atomic E-state index is 13.7. The smallest absolute Gasteiger partial charge is 0.481 e. The Balaban J connectivity index is 1.95. The highest BCUT2D eigenvalue weighted by atomic mass is 35.5. The number of anilines is 1. The van der Waals surface area contributed by atoms with Crippen LogP contribution >= 0.6 is 11.6 Å². The summed E-state index contributed by atoms with van der Waals surface area (Å²) in [6.45, 7) is 5.95. The van der Waals surface area contributed by atoms with Crippen molar-refractivity contribution in [3.63, 3.8) is 0 Å². The molecule has 1 aliphatic rings. The molecule has 214 valence electrons. The molecule has 0 saturated heterocycles. The van der Waals surface area contributed by atoms with Gasteiger partial charge in [0.1, 0.15) is 12.2 Å². The molecule has 3 aromatic rings. The van der Waals surface area contributed by atoms with Gasteiger partial charge in [0.15, 0.2) is 5.75 Å². The second-order valence-corrected chi connectivity index (χ2v) is 12.4. The second kappa shape index (κ2) is 10.6. The Bertz CT molecular complexity index is 1590. The molecular formula is C27H25ClF3NO7S. The van der Waals surface area contributed by atoms with E-state index in [-0.39, 0.29) is 17.3 Å². The molecule has 0 unspecified atom stereocenters. The molecule has 0 radical (unpaired) electrons. The monoisotopic (exact) mass is 599 g/mol. The Labute approximate surface area is 233 Å². The molecule has 0 fully saturated rings. The lowest BCUT2D eigenvalue weighted by atomic mass is 9.92. The Kier molecular flexibility index (Phi) is 7.83. The fraction of sp³-hybridized carbons (Fsp3) is 0.333. The number of alkyl halides is 3. The van der Waals surface area contributed by atoms with Crippen molar-refractivity contribution in [1.29, 1.82) is 0 Å². The zero-order valence-electron chi connectivity index (χ0n) is 21.5. The summed E-state index contributed by atoms with van der Waals surface area (Å²) in [5.74, 6) is -2.42. The molecule has 0 spiro atoms. The summed E-state index contributed by atoms with van der Waals surface area (Å²) in [7, 11) is -5.96. The number of hydrogen-bond acceptors (Lipinski definition) is 6. The molecule has 1 amide bonds. The number of amides is 1. The van der Waals surface area contributed by atoms with Gasteiger partial charge in [0.2, 0.25) is 0 Å². The van der Waals surface area contributed by atoms with E-state index in [1.165, 1.54) is 29.2 Å².